The summed E-state index contributed by atoms with van der Waals surface area (Å²) in [4.78, 5) is 17.9. The predicted molar refractivity (Wildman–Crippen MR) is 10.0 cm³/mol. The van der Waals surface area contributed by atoms with Gasteiger partial charge < -0.3 is 32.2 Å². The van der Waals surface area contributed by atoms with Gasteiger partial charge in [0, 0.05) is 0 Å². The molecule has 0 heterocycles. The van der Waals surface area contributed by atoms with Crippen LogP contribution in [0.1, 0.15) is 0 Å². The first-order chi connectivity index (χ1) is 2.64. The average Bonchev–Trinajstić information content (AvgIpc) is 1.36. The van der Waals surface area contributed by atoms with Crippen molar-refractivity contribution in [1.29, 1.82) is 0 Å². The number of hydrogen-bond donors (Lipinski definition) is 0. The molecule has 0 unspecified atom stereocenters. The first kappa shape index (κ1) is 29.5. The molecule has 10 heavy (non-hydrogen) atoms. The van der Waals surface area contributed by atoms with E-state index in [0.29, 0.717) is 0 Å². The summed E-state index contributed by atoms with van der Waals surface area (Å²) in [5.41, 5.74) is 0. The Morgan fingerprint density at radius 2 is 0.900 bits per heavy atom. The van der Waals surface area contributed by atoms with Gasteiger partial charge >= 0.3 is 88.7 Å². The number of rotatable bonds is 0. The molecule has 0 N–H and O–H groups in total. The molecule has 42 valence electrons. The van der Waals surface area contributed by atoms with Crippen LogP contribution in [0.2, 0.25) is 0 Å². The fourth-order valence-electron chi connectivity index (χ4n) is 0. The standard InChI is InChI=1S/C2H2O4.ClH.3Na/c3-1(4)2(5)6;;;;/h(H,3,4)(H,5,6);1H;;;/q;;3*+1/p-3. The van der Waals surface area contributed by atoms with E-state index in [1.807, 2.05) is 0 Å². The van der Waals surface area contributed by atoms with Gasteiger partial charge in [0.05, 0.1) is 11.9 Å². The van der Waals surface area contributed by atoms with Crippen LogP contribution in [-0.2, 0) is 9.59 Å². The Balaban J connectivity index is -0.0000000208. The molecule has 0 aliphatic carbocycles. The van der Waals surface area contributed by atoms with E-state index in [9.17, 15) is 0 Å². The molecule has 0 fully saturated rings. The molecular weight excluding hydrogens is 192 g/mol. The van der Waals surface area contributed by atoms with Crippen LogP contribution in [0.4, 0.5) is 0 Å². The molecule has 0 saturated carbocycles. The summed E-state index contributed by atoms with van der Waals surface area (Å²) in [6.07, 6.45) is 0. The van der Waals surface area contributed by atoms with E-state index in [0.717, 1.165) is 0 Å². The predicted octanol–water partition coefficient (Wildman–Crippen LogP) is -15.5. The van der Waals surface area contributed by atoms with Crippen molar-refractivity contribution in [1.82, 2.24) is 0 Å². The Morgan fingerprint density at radius 1 is 0.800 bits per heavy atom. The second kappa shape index (κ2) is 17.4. The van der Waals surface area contributed by atoms with Gasteiger partial charge in [-0.3, -0.25) is 0 Å². The second-order valence-electron chi connectivity index (χ2n) is 0.575. The third-order valence-corrected chi connectivity index (χ3v) is 0.167. The summed E-state index contributed by atoms with van der Waals surface area (Å²) >= 11 is 0. The molecule has 0 rings (SSSR count). The number of halogens is 1. The van der Waals surface area contributed by atoms with Gasteiger partial charge in [-0.2, -0.15) is 0 Å². The van der Waals surface area contributed by atoms with E-state index in [2.05, 4.69) is 0 Å². The minimum atomic E-state index is -2.19. The summed E-state index contributed by atoms with van der Waals surface area (Å²) in [7, 11) is 0. The van der Waals surface area contributed by atoms with Crippen LogP contribution >= 0.6 is 0 Å². The molecule has 0 saturated heterocycles. The fraction of sp³-hybridized carbons (Fsp3) is 0. The summed E-state index contributed by atoms with van der Waals surface area (Å²) < 4.78 is 0. The van der Waals surface area contributed by atoms with Gasteiger partial charge in [-0.25, -0.2) is 0 Å². The maximum atomic E-state index is 8.93. The smallest absolute Gasteiger partial charge is 1.00 e. The number of aliphatic carboxylic acids is 2. The second-order valence-corrected chi connectivity index (χ2v) is 0.575. The first-order valence-electron chi connectivity index (χ1n) is 1.07. The summed E-state index contributed by atoms with van der Waals surface area (Å²) in [5.74, 6) is -4.37. The van der Waals surface area contributed by atoms with Crippen LogP contribution in [-0.4, -0.2) is 11.9 Å². The molecule has 0 aliphatic heterocycles. The normalized spacial score (nSPS) is 4.40. The molecule has 0 aromatic carbocycles. The van der Waals surface area contributed by atoms with Crippen molar-refractivity contribution < 1.29 is 121 Å². The van der Waals surface area contributed by atoms with Gasteiger partial charge in [-0.05, 0) is 0 Å². The monoisotopic (exact) mass is 192 g/mol. The maximum absolute atomic E-state index is 8.93. The molecular formula is C2ClNa3O4. The van der Waals surface area contributed by atoms with E-state index in [-0.39, 0.29) is 101 Å². The van der Waals surface area contributed by atoms with Crippen molar-refractivity contribution >= 4 is 11.9 Å². The Hall–Kier alpha value is 2.23. The molecule has 0 atom stereocenters. The van der Waals surface area contributed by atoms with E-state index in [4.69, 9.17) is 19.8 Å². The Bertz CT molecular complexity index is 84.5. The molecule has 8 heteroatoms. The maximum Gasteiger partial charge on any atom is 1.00 e. The third-order valence-electron chi connectivity index (χ3n) is 0.167. The van der Waals surface area contributed by atoms with Crippen LogP contribution < -0.4 is 111 Å². The Labute approximate surface area is 130 Å². The number of carbonyl (C=O) groups excluding carboxylic acids is 2. The number of hydrogen-bond acceptors (Lipinski definition) is 4. The zero-order valence-corrected chi connectivity index (χ0v) is 12.8. The van der Waals surface area contributed by atoms with Crippen LogP contribution in [0.3, 0.4) is 0 Å². The zero-order valence-electron chi connectivity index (χ0n) is 6.01. The van der Waals surface area contributed by atoms with Gasteiger partial charge in [-0.15, -0.1) is 0 Å². The van der Waals surface area contributed by atoms with Crippen molar-refractivity contribution in [2.24, 2.45) is 0 Å². The Morgan fingerprint density at radius 3 is 0.900 bits per heavy atom. The Kier molecular flexibility index (Phi) is 51.2. The van der Waals surface area contributed by atoms with Crippen molar-refractivity contribution in [2.45, 2.75) is 0 Å². The van der Waals surface area contributed by atoms with Crippen LogP contribution in [0.5, 0.6) is 0 Å². The minimum absolute atomic E-state index is 0. The largest absolute Gasteiger partial charge is 1.00 e. The van der Waals surface area contributed by atoms with Crippen LogP contribution in [0, 0.1) is 0 Å². The van der Waals surface area contributed by atoms with Crippen molar-refractivity contribution in [3.63, 3.8) is 0 Å². The van der Waals surface area contributed by atoms with Crippen molar-refractivity contribution in [3.05, 3.63) is 0 Å². The van der Waals surface area contributed by atoms with E-state index in [1.165, 1.54) is 0 Å². The van der Waals surface area contributed by atoms with Gasteiger partial charge in [0.15, 0.2) is 0 Å². The summed E-state index contributed by atoms with van der Waals surface area (Å²) in [5, 5.41) is 17.9. The van der Waals surface area contributed by atoms with Crippen molar-refractivity contribution in [3.8, 4) is 0 Å². The average molecular weight is 192 g/mol. The van der Waals surface area contributed by atoms with Gasteiger partial charge in [0.25, 0.3) is 0 Å². The van der Waals surface area contributed by atoms with Crippen molar-refractivity contribution in [2.75, 3.05) is 0 Å². The fourth-order valence-corrected chi connectivity index (χ4v) is 0. The SMILES string of the molecule is O=C([O-])C(=O)[O-].[Cl-].[Na+].[Na+].[Na+]. The third kappa shape index (κ3) is 22.5. The topological polar surface area (TPSA) is 80.3 Å². The molecule has 0 spiro atoms. The molecule has 0 amide bonds. The zero-order chi connectivity index (χ0) is 5.15. The number of carbonyl (C=O) groups is 2. The van der Waals surface area contributed by atoms with Crippen LogP contribution in [0.15, 0.2) is 0 Å². The van der Waals surface area contributed by atoms with Crippen LogP contribution in [0.25, 0.3) is 0 Å². The molecule has 0 aromatic rings. The molecule has 0 radical (unpaired) electrons. The van der Waals surface area contributed by atoms with Gasteiger partial charge in [0.1, 0.15) is 0 Å². The van der Waals surface area contributed by atoms with E-state index in [1.54, 1.807) is 0 Å². The molecule has 0 aliphatic rings. The molecule has 0 bridgehead atoms. The minimum Gasteiger partial charge on any atom is -1.00 e. The quantitative estimate of drug-likeness (QED) is 0.282. The van der Waals surface area contributed by atoms with Gasteiger partial charge in [-0.1, -0.05) is 0 Å². The number of carboxylic acid groups (broad SMARTS) is 2. The number of carboxylic acids is 2. The molecule has 4 nitrogen and oxygen atoms in total. The molecule has 0 aromatic heterocycles. The van der Waals surface area contributed by atoms with E-state index >= 15 is 0 Å². The summed E-state index contributed by atoms with van der Waals surface area (Å²) in [6, 6.07) is 0. The van der Waals surface area contributed by atoms with Gasteiger partial charge in [0.2, 0.25) is 0 Å². The first-order valence-corrected chi connectivity index (χ1v) is 1.07. The van der Waals surface area contributed by atoms with E-state index < -0.39 is 11.9 Å². The summed E-state index contributed by atoms with van der Waals surface area (Å²) in [6.45, 7) is 0.